The van der Waals surface area contributed by atoms with E-state index < -0.39 is 12.0 Å². The number of nitrogens with zero attached hydrogens (tertiary/aromatic N) is 2. The lowest BCUT2D eigenvalue weighted by molar-refractivity contribution is 0.1000. The van der Waals surface area contributed by atoms with E-state index in [-0.39, 0.29) is 5.92 Å². The van der Waals surface area contributed by atoms with Crippen LogP contribution in [0.3, 0.4) is 0 Å². The molecule has 0 bridgehead atoms. The third-order valence-corrected chi connectivity index (χ3v) is 4.27. The molecule has 0 saturated carbocycles. The zero-order chi connectivity index (χ0) is 15.7. The Morgan fingerprint density at radius 1 is 1.23 bits per heavy atom. The molecule has 6 heteroatoms. The van der Waals surface area contributed by atoms with Crippen LogP contribution in [0.15, 0.2) is 30.5 Å². The van der Waals surface area contributed by atoms with Crippen LogP contribution in [-0.4, -0.2) is 40.1 Å². The molecule has 22 heavy (non-hydrogen) atoms. The SMILES string of the molecule is NC(=O)c1ccc2nccc(C3CCN(C(=O)O)CC3)c2c1. The quantitative estimate of drug-likeness (QED) is 0.888. The number of fused-ring (bicyclic) bond motifs is 1. The Bertz CT molecular complexity index is 736. The van der Waals surface area contributed by atoms with E-state index in [0.717, 1.165) is 29.3 Å². The second-order valence-electron chi connectivity index (χ2n) is 5.54. The fourth-order valence-electron chi connectivity index (χ4n) is 3.06. The Morgan fingerprint density at radius 3 is 2.59 bits per heavy atom. The maximum atomic E-state index is 11.4. The second kappa shape index (κ2) is 5.63. The minimum atomic E-state index is -0.867. The van der Waals surface area contributed by atoms with Gasteiger partial charge in [-0.3, -0.25) is 9.78 Å². The fraction of sp³-hybridized carbons (Fsp3) is 0.312. The standard InChI is InChI=1S/C16H17N3O3/c17-15(20)11-1-2-14-13(9-11)12(3-6-18-14)10-4-7-19(8-5-10)16(21)22/h1-3,6,9-10H,4-5,7-8H2,(H2,17,20)(H,21,22). The van der Waals surface area contributed by atoms with E-state index in [0.29, 0.717) is 18.7 Å². The van der Waals surface area contributed by atoms with Crippen molar-refractivity contribution >= 4 is 22.9 Å². The molecule has 1 aromatic carbocycles. The zero-order valence-corrected chi connectivity index (χ0v) is 12.0. The first-order valence-electron chi connectivity index (χ1n) is 7.22. The molecular formula is C16H17N3O3. The number of hydrogen-bond donors (Lipinski definition) is 2. The van der Waals surface area contributed by atoms with Crippen LogP contribution in [0.4, 0.5) is 4.79 Å². The largest absolute Gasteiger partial charge is 0.465 e. The third kappa shape index (κ3) is 2.59. The molecule has 2 aromatic rings. The van der Waals surface area contributed by atoms with Gasteiger partial charge in [0.25, 0.3) is 0 Å². The number of hydrogen-bond acceptors (Lipinski definition) is 3. The Balaban J connectivity index is 1.95. The highest BCUT2D eigenvalue weighted by molar-refractivity contribution is 5.97. The lowest BCUT2D eigenvalue weighted by atomic mass is 9.87. The van der Waals surface area contributed by atoms with E-state index in [1.54, 1.807) is 24.4 Å². The lowest BCUT2D eigenvalue weighted by Crippen LogP contribution is -2.36. The van der Waals surface area contributed by atoms with E-state index in [4.69, 9.17) is 10.8 Å². The van der Waals surface area contributed by atoms with Crippen molar-refractivity contribution in [2.45, 2.75) is 18.8 Å². The summed E-state index contributed by atoms with van der Waals surface area (Å²) in [7, 11) is 0. The van der Waals surface area contributed by atoms with Crippen LogP contribution in [0.2, 0.25) is 0 Å². The van der Waals surface area contributed by atoms with Gasteiger partial charge in [-0.15, -0.1) is 0 Å². The van der Waals surface area contributed by atoms with Crippen LogP contribution in [0.25, 0.3) is 10.9 Å². The smallest absolute Gasteiger partial charge is 0.407 e. The molecule has 0 radical (unpaired) electrons. The van der Waals surface area contributed by atoms with E-state index >= 15 is 0 Å². The number of likely N-dealkylation sites (tertiary alicyclic amines) is 1. The van der Waals surface area contributed by atoms with Crippen molar-refractivity contribution < 1.29 is 14.7 Å². The summed E-state index contributed by atoms with van der Waals surface area (Å²) in [5.74, 6) is -0.193. The minimum Gasteiger partial charge on any atom is -0.465 e. The summed E-state index contributed by atoms with van der Waals surface area (Å²) in [6.45, 7) is 1.05. The molecule has 0 atom stereocenters. The topological polar surface area (TPSA) is 96.5 Å². The molecule has 0 unspecified atom stereocenters. The summed E-state index contributed by atoms with van der Waals surface area (Å²) >= 11 is 0. The number of piperidine rings is 1. The minimum absolute atomic E-state index is 0.268. The molecule has 1 fully saturated rings. The Hall–Kier alpha value is -2.63. The van der Waals surface area contributed by atoms with Crippen molar-refractivity contribution in [2.75, 3.05) is 13.1 Å². The highest BCUT2D eigenvalue weighted by atomic mass is 16.4. The van der Waals surface area contributed by atoms with Gasteiger partial charge in [0.1, 0.15) is 0 Å². The zero-order valence-electron chi connectivity index (χ0n) is 12.0. The van der Waals surface area contributed by atoms with Crippen molar-refractivity contribution in [1.82, 2.24) is 9.88 Å². The van der Waals surface area contributed by atoms with Gasteiger partial charge in [0.2, 0.25) is 5.91 Å². The number of primary amides is 1. The predicted molar refractivity (Wildman–Crippen MR) is 81.8 cm³/mol. The molecule has 6 nitrogen and oxygen atoms in total. The average molecular weight is 299 g/mol. The number of pyridine rings is 1. The molecule has 0 aliphatic carbocycles. The molecule has 2 amide bonds. The van der Waals surface area contributed by atoms with Crippen molar-refractivity contribution in [2.24, 2.45) is 5.73 Å². The maximum Gasteiger partial charge on any atom is 0.407 e. The van der Waals surface area contributed by atoms with E-state index in [1.165, 1.54) is 4.90 Å². The van der Waals surface area contributed by atoms with Gasteiger partial charge in [0.15, 0.2) is 0 Å². The Kier molecular flexibility index (Phi) is 3.66. The van der Waals surface area contributed by atoms with Crippen LogP contribution >= 0.6 is 0 Å². The summed E-state index contributed by atoms with van der Waals surface area (Å²) in [5.41, 5.74) is 7.75. The van der Waals surface area contributed by atoms with E-state index in [9.17, 15) is 9.59 Å². The Labute approximate surface area is 127 Å². The van der Waals surface area contributed by atoms with Crippen LogP contribution in [0.5, 0.6) is 0 Å². The van der Waals surface area contributed by atoms with Gasteiger partial charge in [-0.05, 0) is 48.6 Å². The van der Waals surface area contributed by atoms with Gasteiger partial charge in [-0.1, -0.05) is 0 Å². The van der Waals surface area contributed by atoms with Crippen molar-refractivity contribution in [3.05, 3.63) is 41.6 Å². The second-order valence-corrected chi connectivity index (χ2v) is 5.54. The van der Waals surface area contributed by atoms with Gasteiger partial charge < -0.3 is 15.7 Å². The van der Waals surface area contributed by atoms with Crippen LogP contribution in [-0.2, 0) is 0 Å². The van der Waals surface area contributed by atoms with Crippen molar-refractivity contribution in [1.29, 1.82) is 0 Å². The number of amides is 2. The number of aromatic nitrogens is 1. The summed E-state index contributed by atoms with van der Waals surface area (Å²) in [6.07, 6.45) is 2.43. The molecule has 1 aromatic heterocycles. The number of carboxylic acid groups (broad SMARTS) is 1. The first-order chi connectivity index (χ1) is 10.6. The Morgan fingerprint density at radius 2 is 1.95 bits per heavy atom. The monoisotopic (exact) mass is 299 g/mol. The fourth-order valence-corrected chi connectivity index (χ4v) is 3.06. The first-order valence-corrected chi connectivity index (χ1v) is 7.22. The van der Waals surface area contributed by atoms with E-state index in [1.807, 2.05) is 6.07 Å². The molecule has 1 saturated heterocycles. The van der Waals surface area contributed by atoms with Crippen LogP contribution in [0.1, 0.15) is 34.7 Å². The predicted octanol–water partition coefficient (Wildman–Crippen LogP) is 2.19. The maximum absolute atomic E-state index is 11.4. The number of benzene rings is 1. The van der Waals surface area contributed by atoms with Gasteiger partial charge in [-0.2, -0.15) is 0 Å². The molecule has 2 heterocycles. The summed E-state index contributed by atoms with van der Waals surface area (Å²) in [6, 6.07) is 7.21. The van der Waals surface area contributed by atoms with Gasteiger partial charge in [0.05, 0.1) is 5.52 Å². The summed E-state index contributed by atoms with van der Waals surface area (Å²) in [4.78, 5) is 28.1. The highest BCUT2D eigenvalue weighted by Crippen LogP contribution is 2.32. The van der Waals surface area contributed by atoms with E-state index in [2.05, 4.69) is 4.98 Å². The molecule has 1 aliphatic heterocycles. The molecule has 3 rings (SSSR count). The van der Waals surface area contributed by atoms with Gasteiger partial charge in [-0.25, -0.2) is 4.79 Å². The highest BCUT2D eigenvalue weighted by Gasteiger charge is 2.24. The summed E-state index contributed by atoms with van der Waals surface area (Å²) in [5, 5.41) is 9.95. The normalized spacial score (nSPS) is 15.9. The van der Waals surface area contributed by atoms with Crippen molar-refractivity contribution in [3.8, 4) is 0 Å². The molecule has 1 aliphatic rings. The molecular weight excluding hydrogens is 282 g/mol. The van der Waals surface area contributed by atoms with Crippen LogP contribution in [0, 0.1) is 0 Å². The third-order valence-electron chi connectivity index (χ3n) is 4.27. The number of rotatable bonds is 2. The molecule has 3 N–H and O–H groups in total. The lowest BCUT2D eigenvalue weighted by Gasteiger charge is -2.30. The van der Waals surface area contributed by atoms with Crippen LogP contribution < -0.4 is 5.73 Å². The number of carbonyl (C=O) groups excluding carboxylic acids is 1. The first kappa shape index (κ1) is 14.3. The molecule has 0 spiro atoms. The average Bonchev–Trinajstić information content (AvgIpc) is 2.53. The number of nitrogens with two attached hydrogens (primary N) is 1. The number of carbonyl (C=O) groups is 2. The van der Waals surface area contributed by atoms with Gasteiger partial charge >= 0.3 is 6.09 Å². The summed E-state index contributed by atoms with van der Waals surface area (Å²) < 4.78 is 0. The molecule has 114 valence electrons. The van der Waals surface area contributed by atoms with Crippen molar-refractivity contribution in [3.63, 3.8) is 0 Å². The van der Waals surface area contributed by atoms with Gasteiger partial charge in [0, 0.05) is 30.2 Å².